The first-order chi connectivity index (χ1) is 13.0. The number of ether oxygens (including phenoxy) is 2. The molecule has 6 heteroatoms. The molecule has 0 aliphatic rings. The lowest BCUT2D eigenvalue weighted by Crippen LogP contribution is -2.26. The molecule has 0 saturated heterocycles. The molecular weight excluding hydrogens is 362 g/mol. The Bertz CT molecular complexity index is 969. The van der Waals surface area contributed by atoms with E-state index in [1.807, 2.05) is 54.6 Å². The molecule has 0 bridgehead atoms. The highest BCUT2D eigenvalue weighted by atomic mass is 32.2. The zero-order chi connectivity index (χ0) is 19.3. The van der Waals surface area contributed by atoms with Crippen molar-refractivity contribution in [2.75, 3.05) is 14.2 Å². The summed E-state index contributed by atoms with van der Waals surface area (Å²) in [5, 5.41) is 0. The van der Waals surface area contributed by atoms with E-state index in [2.05, 4.69) is 0 Å². The van der Waals surface area contributed by atoms with Gasteiger partial charge in [-0.15, -0.1) is 0 Å². The normalized spacial score (nSPS) is 11.4. The third-order valence-corrected chi connectivity index (χ3v) is 5.89. The van der Waals surface area contributed by atoms with Crippen LogP contribution in [0.5, 0.6) is 17.2 Å². The molecule has 0 heterocycles. The Kier molecular flexibility index (Phi) is 5.78. The highest BCUT2D eigenvalue weighted by Gasteiger charge is 2.21. The fourth-order valence-electron chi connectivity index (χ4n) is 2.56. The second-order valence-electron chi connectivity index (χ2n) is 6.00. The monoisotopic (exact) mass is 383 g/mol. The average molecular weight is 383 g/mol. The van der Waals surface area contributed by atoms with Crippen LogP contribution in [-0.4, -0.2) is 26.9 Å². The Morgan fingerprint density at radius 3 is 1.93 bits per heavy atom. The molecule has 0 aliphatic carbocycles. The zero-order valence-electron chi connectivity index (χ0n) is 15.2. The molecule has 0 aliphatic heterocycles. The average Bonchev–Trinajstić information content (AvgIpc) is 2.70. The lowest BCUT2D eigenvalue weighted by molar-refractivity contribution is 0.414. The maximum Gasteiger partial charge on any atom is 0.243 e. The summed E-state index contributed by atoms with van der Waals surface area (Å²) in [6.07, 6.45) is 0. The van der Waals surface area contributed by atoms with Crippen molar-refractivity contribution in [2.24, 2.45) is 0 Å². The predicted octanol–water partition coefficient (Wildman–Crippen LogP) is 4.31. The van der Waals surface area contributed by atoms with E-state index in [0.717, 1.165) is 11.3 Å². The van der Waals surface area contributed by atoms with Crippen LogP contribution >= 0.6 is 0 Å². The van der Waals surface area contributed by atoms with Crippen molar-refractivity contribution < 1.29 is 17.9 Å². The van der Waals surface area contributed by atoms with Crippen LogP contribution < -0.4 is 9.47 Å². The van der Waals surface area contributed by atoms with Gasteiger partial charge in [0, 0.05) is 13.6 Å². The van der Waals surface area contributed by atoms with Gasteiger partial charge in [0.15, 0.2) is 0 Å². The van der Waals surface area contributed by atoms with E-state index in [9.17, 15) is 8.42 Å². The smallest absolute Gasteiger partial charge is 0.243 e. The van der Waals surface area contributed by atoms with Crippen molar-refractivity contribution in [1.82, 2.24) is 4.31 Å². The first-order valence-electron chi connectivity index (χ1n) is 8.41. The van der Waals surface area contributed by atoms with Crippen LogP contribution in [0.1, 0.15) is 5.56 Å². The number of methoxy groups -OCH3 is 1. The third kappa shape index (κ3) is 4.67. The SMILES string of the molecule is COc1ccc(CN(C)S(=O)(=O)c2ccc(Oc3ccccc3)cc2)cc1. The summed E-state index contributed by atoms with van der Waals surface area (Å²) < 4.78 is 37.7. The summed E-state index contributed by atoms with van der Waals surface area (Å²) in [7, 11) is -0.439. The van der Waals surface area contributed by atoms with Gasteiger partial charge in [0.1, 0.15) is 17.2 Å². The molecule has 0 spiro atoms. The summed E-state index contributed by atoms with van der Waals surface area (Å²) in [6.45, 7) is 0.272. The standard InChI is InChI=1S/C21H21NO4S/c1-22(16-17-8-10-18(25-2)11-9-17)27(23,24)21-14-12-20(13-15-21)26-19-6-4-3-5-7-19/h3-15H,16H2,1-2H3. The molecule has 140 valence electrons. The van der Waals surface area contributed by atoms with Crippen molar-refractivity contribution in [3.63, 3.8) is 0 Å². The van der Waals surface area contributed by atoms with Crippen LogP contribution in [-0.2, 0) is 16.6 Å². The molecule has 0 radical (unpaired) electrons. The van der Waals surface area contributed by atoms with Gasteiger partial charge in [0.05, 0.1) is 12.0 Å². The Morgan fingerprint density at radius 1 is 0.778 bits per heavy atom. The lowest BCUT2D eigenvalue weighted by Gasteiger charge is -2.18. The Morgan fingerprint density at radius 2 is 1.33 bits per heavy atom. The molecule has 27 heavy (non-hydrogen) atoms. The topological polar surface area (TPSA) is 55.8 Å². The van der Waals surface area contributed by atoms with Crippen LogP contribution in [0.4, 0.5) is 0 Å². The van der Waals surface area contributed by atoms with E-state index < -0.39 is 10.0 Å². The molecule has 0 aromatic heterocycles. The summed E-state index contributed by atoms with van der Waals surface area (Å²) in [5.41, 5.74) is 0.880. The van der Waals surface area contributed by atoms with Gasteiger partial charge in [-0.3, -0.25) is 0 Å². The molecule has 0 unspecified atom stereocenters. The highest BCUT2D eigenvalue weighted by molar-refractivity contribution is 7.89. The van der Waals surface area contributed by atoms with Gasteiger partial charge in [0.25, 0.3) is 0 Å². The summed E-state index contributed by atoms with van der Waals surface area (Å²) >= 11 is 0. The largest absolute Gasteiger partial charge is 0.497 e. The van der Waals surface area contributed by atoms with Gasteiger partial charge in [0.2, 0.25) is 10.0 Å². The molecule has 3 rings (SSSR count). The molecule has 0 amide bonds. The first kappa shape index (κ1) is 18.9. The number of hydrogen-bond acceptors (Lipinski definition) is 4. The van der Waals surface area contributed by atoms with Crippen LogP contribution in [0.3, 0.4) is 0 Å². The number of rotatable bonds is 7. The summed E-state index contributed by atoms with van der Waals surface area (Å²) in [4.78, 5) is 0.221. The summed E-state index contributed by atoms with van der Waals surface area (Å²) in [5.74, 6) is 2.01. The predicted molar refractivity (Wildman–Crippen MR) is 105 cm³/mol. The Hall–Kier alpha value is -2.83. The molecule has 3 aromatic rings. The molecule has 0 saturated carbocycles. The van der Waals surface area contributed by atoms with Crippen molar-refractivity contribution in [2.45, 2.75) is 11.4 Å². The van der Waals surface area contributed by atoms with Gasteiger partial charge >= 0.3 is 0 Å². The van der Waals surface area contributed by atoms with E-state index in [1.165, 1.54) is 4.31 Å². The minimum atomic E-state index is -3.60. The third-order valence-electron chi connectivity index (χ3n) is 4.08. The highest BCUT2D eigenvalue weighted by Crippen LogP contribution is 2.24. The number of hydrogen-bond donors (Lipinski definition) is 0. The Balaban J connectivity index is 1.71. The van der Waals surface area contributed by atoms with E-state index in [4.69, 9.17) is 9.47 Å². The fourth-order valence-corrected chi connectivity index (χ4v) is 3.72. The van der Waals surface area contributed by atoms with E-state index in [0.29, 0.717) is 11.5 Å². The number of para-hydroxylation sites is 1. The molecule has 0 atom stereocenters. The van der Waals surface area contributed by atoms with Crippen LogP contribution in [0.25, 0.3) is 0 Å². The second-order valence-corrected chi connectivity index (χ2v) is 8.04. The summed E-state index contributed by atoms with van der Waals surface area (Å²) in [6, 6.07) is 23.1. The number of benzene rings is 3. The quantitative estimate of drug-likeness (QED) is 0.610. The minimum Gasteiger partial charge on any atom is -0.497 e. The molecule has 5 nitrogen and oxygen atoms in total. The molecule has 0 N–H and O–H groups in total. The molecule has 0 fully saturated rings. The van der Waals surface area contributed by atoms with Gasteiger partial charge in [-0.25, -0.2) is 8.42 Å². The lowest BCUT2D eigenvalue weighted by atomic mass is 10.2. The first-order valence-corrected chi connectivity index (χ1v) is 9.85. The van der Waals surface area contributed by atoms with Crippen molar-refractivity contribution >= 4 is 10.0 Å². The van der Waals surface area contributed by atoms with Gasteiger partial charge in [-0.1, -0.05) is 30.3 Å². The van der Waals surface area contributed by atoms with Crippen LogP contribution in [0, 0.1) is 0 Å². The molecule has 3 aromatic carbocycles. The maximum absolute atomic E-state index is 12.8. The van der Waals surface area contributed by atoms with Gasteiger partial charge < -0.3 is 9.47 Å². The fraction of sp³-hybridized carbons (Fsp3) is 0.143. The van der Waals surface area contributed by atoms with Crippen molar-refractivity contribution in [1.29, 1.82) is 0 Å². The van der Waals surface area contributed by atoms with Gasteiger partial charge in [-0.2, -0.15) is 4.31 Å². The van der Waals surface area contributed by atoms with Crippen LogP contribution in [0.2, 0.25) is 0 Å². The molecular formula is C21H21NO4S. The number of nitrogens with zero attached hydrogens (tertiary/aromatic N) is 1. The van der Waals surface area contributed by atoms with E-state index >= 15 is 0 Å². The Labute approximate surface area is 159 Å². The van der Waals surface area contributed by atoms with E-state index in [1.54, 1.807) is 38.4 Å². The second kappa shape index (κ2) is 8.24. The van der Waals surface area contributed by atoms with E-state index in [-0.39, 0.29) is 11.4 Å². The minimum absolute atomic E-state index is 0.221. The van der Waals surface area contributed by atoms with Crippen LogP contribution in [0.15, 0.2) is 83.8 Å². The van der Waals surface area contributed by atoms with Crippen molar-refractivity contribution in [3.8, 4) is 17.2 Å². The zero-order valence-corrected chi connectivity index (χ0v) is 16.0. The number of sulfonamides is 1. The van der Waals surface area contributed by atoms with Crippen molar-refractivity contribution in [3.05, 3.63) is 84.4 Å². The maximum atomic E-state index is 12.8. The van der Waals surface area contributed by atoms with Gasteiger partial charge in [-0.05, 0) is 54.1 Å².